The molecule has 0 radical (unpaired) electrons. The second-order valence-electron chi connectivity index (χ2n) is 3.41. The van der Waals surface area contributed by atoms with Crippen LogP contribution in [0.15, 0.2) is 24.3 Å². The van der Waals surface area contributed by atoms with Crippen LogP contribution in [0.4, 0.5) is 0 Å². The van der Waals surface area contributed by atoms with Crippen LogP contribution in [0.3, 0.4) is 0 Å². The highest BCUT2D eigenvalue weighted by atomic mass is 16.3. The zero-order valence-corrected chi connectivity index (χ0v) is 8.94. The molecule has 0 fully saturated rings. The van der Waals surface area contributed by atoms with Crippen molar-refractivity contribution in [3.05, 3.63) is 35.4 Å². The van der Waals surface area contributed by atoms with Crippen LogP contribution in [-0.4, -0.2) is 24.2 Å². The molecule has 4 nitrogen and oxygen atoms in total. The predicted molar refractivity (Wildman–Crippen MR) is 59.6 cm³/mol. The van der Waals surface area contributed by atoms with Crippen LogP contribution in [0, 0.1) is 11.3 Å². The number of aliphatic hydroxyl groups is 1. The van der Waals surface area contributed by atoms with Gasteiger partial charge in [-0.1, -0.05) is 12.1 Å². The first-order valence-corrected chi connectivity index (χ1v) is 5.13. The van der Waals surface area contributed by atoms with E-state index in [4.69, 9.17) is 10.4 Å². The molecule has 0 heterocycles. The number of carbonyl (C=O) groups excluding carboxylic acids is 1. The van der Waals surface area contributed by atoms with Crippen molar-refractivity contribution in [2.75, 3.05) is 13.2 Å². The summed E-state index contributed by atoms with van der Waals surface area (Å²) in [5, 5.41) is 19.8. The third-order valence-corrected chi connectivity index (χ3v) is 2.10. The predicted octanol–water partition coefficient (Wildman–Crippen LogP) is 0.599. The van der Waals surface area contributed by atoms with E-state index in [1.165, 1.54) is 0 Å². The van der Waals surface area contributed by atoms with Crippen molar-refractivity contribution >= 4 is 5.91 Å². The number of aliphatic hydroxyl groups excluding tert-OH is 1. The first kappa shape index (κ1) is 12.2. The molecule has 16 heavy (non-hydrogen) atoms. The van der Waals surface area contributed by atoms with Crippen molar-refractivity contribution in [2.45, 2.75) is 12.8 Å². The normalized spacial score (nSPS) is 9.50. The maximum Gasteiger partial charge on any atom is 0.224 e. The van der Waals surface area contributed by atoms with Gasteiger partial charge in [-0.15, -0.1) is 0 Å². The van der Waals surface area contributed by atoms with Crippen LogP contribution in [0.1, 0.15) is 17.5 Å². The van der Waals surface area contributed by atoms with Gasteiger partial charge in [-0.2, -0.15) is 5.26 Å². The highest BCUT2D eigenvalue weighted by molar-refractivity contribution is 5.78. The zero-order valence-electron chi connectivity index (χ0n) is 8.94. The maximum atomic E-state index is 11.4. The summed E-state index contributed by atoms with van der Waals surface area (Å²) in [7, 11) is 0. The molecule has 1 amide bonds. The number of carbonyl (C=O) groups is 1. The Balaban J connectivity index is 2.41. The summed E-state index contributed by atoms with van der Waals surface area (Å²) in [4.78, 5) is 11.4. The van der Waals surface area contributed by atoms with Gasteiger partial charge in [0.15, 0.2) is 0 Å². The first-order valence-electron chi connectivity index (χ1n) is 5.13. The molecule has 0 aliphatic rings. The van der Waals surface area contributed by atoms with Crippen LogP contribution in [0.2, 0.25) is 0 Å². The van der Waals surface area contributed by atoms with Gasteiger partial charge in [0.25, 0.3) is 0 Å². The maximum absolute atomic E-state index is 11.4. The van der Waals surface area contributed by atoms with Gasteiger partial charge in [0.1, 0.15) is 0 Å². The number of amides is 1. The van der Waals surface area contributed by atoms with Gasteiger partial charge in [-0.25, -0.2) is 0 Å². The largest absolute Gasteiger partial charge is 0.396 e. The van der Waals surface area contributed by atoms with Crippen molar-refractivity contribution < 1.29 is 9.90 Å². The first-order chi connectivity index (χ1) is 7.76. The van der Waals surface area contributed by atoms with Crippen LogP contribution >= 0.6 is 0 Å². The highest BCUT2D eigenvalue weighted by Gasteiger charge is 2.02. The second-order valence-corrected chi connectivity index (χ2v) is 3.41. The molecule has 4 heteroatoms. The molecule has 0 aromatic heterocycles. The Kier molecular flexibility index (Phi) is 5.03. The third-order valence-electron chi connectivity index (χ3n) is 2.10. The molecule has 0 spiro atoms. The van der Waals surface area contributed by atoms with E-state index in [2.05, 4.69) is 5.32 Å². The van der Waals surface area contributed by atoms with E-state index in [1.54, 1.807) is 24.3 Å². The molecule has 84 valence electrons. The summed E-state index contributed by atoms with van der Waals surface area (Å²) in [5.74, 6) is -0.0712. The van der Waals surface area contributed by atoms with E-state index in [0.717, 1.165) is 5.56 Å². The summed E-state index contributed by atoms with van der Waals surface area (Å²) in [6.07, 6.45) is 0.871. The standard InChI is InChI=1S/C12H14N2O2/c13-9-11-4-2-10(3-5-11)8-12(16)14-6-1-7-15/h2-5,15H,1,6-8H2,(H,14,16). The Bertz CT molecular complexity index is 379. The minimum absolute atomic E-state index is 0.0712. The Hall–Kier alpha value is -1.86. The lowest BCUT2D eigenvalue weighted by Crippen LogP contribution is -2.26. The smallest absolute Gasteiger partial charge is 0.224 e. The molecule has 0 aliphatic heterocycles. The fourth-order valence-electron chi connectivity index (χ4n) is 1.25. The number of nitrogens with one attached hydrogen (secondary N) is 1. The van der Waals surface area contributed by atoms with Gasteiger partial charge < -0.3 is 10.4 Å². The molecule has 0 unspecified atom stereocenters. The quantitative estimate of drug-likeness (QED) is 0.711. The summed E-state index contributed by atoms with van der Waals surface area (Å²) in [5.41, 5.74) is 1.46. The minimum atomic E-state index is -0.0712. The molecule has 0 atom stereocenters. The van der Waals surface area contributed by atoms with Gasteiger partial charge in [0, 0.05) is 13.2 Å². The fraction of sp³-hybridized carbons (Fsp3) is 0.333. The average Bonchev–Trinajstić information content (AvgIpc) is 2.30. The van der Waals surface area contributed by atoms with Crippen LogP contribution < -0.4 is 5.32 Å². The average molecular weight is 218 g/mol. The molecule has 0 saturated carbocycles. The van der Waals surface area contributed by atoms with E-state index in [1.807, 2.05) is 6.07 Å². The zero-order chi connectivity index (χ0) is 11.8. The summed E-state index contributed by atoms with van der Waals surface area (Å²) < 4.78 is 0. The van der Waals surface area contributed by atoms with E-state index < -0.39 is 0 Å². The van der Waals surface area contributed by atoms with Gasteiger partial charge in [-0.3, -0.25) is 4.79 Å². The molecule has 1 rings (SSSR count). The Morgan fingerprint density at radius 3 is 2.62 bits per heavy atom. The van der Waals surface area contributed by atoms with Crippen molar-refractivity contribution in [1.82, 2.24) is 5.32 Å². The Labute approximate surface area is 94.5 Å². The monoisotopic (exact) mass is 218 g/mol. The number of nitriles is 1. The third kappa shape index (κ3) is 4.11. The van der Waals surface area contributed by atoms with E-state index in [0.29, 0.717) is 24.9 Å². The Morgan fingerprint density at radius 1 is 1.38 bits per heavy atom. The molecule has 0 aliphatic carbocycles. The molecule has 2 N–H and O–H groups in total. The lowest BCUT2D eigenvalue weighted by Gasteiger charge is -2.03. The van der Waals surface area contributed by atoms with E-state index in [9.17, 15) is 4.79 Å². The minimum Gasteiger partial charge on any atom is -0.396 e. The molecule has 1 aromatic carbocycles. The lowest BCUT2D eigenvalue weighted by molar-refractivity contribution is -0.120. The number of hydrogen-bond donors (Lipinski definition) is 2. The van der Waals surface area contributed by atoms with Crippen molar-refractivity contribution in [3.8, 4) is 6.07 Å². The number of hydrogen-bond acceptors (Lipinski definition) is 3. The SMILES string of the molecule is N#Cc1ccc(CC(=O)NCCCO)cc1. The molecule has 0 saturated heterocycles. The van der Waals surface area contributed by atoms with E-state index in [-0.39, 0.29) is 12.5 Å². The van der Waals surface area contributed by atoms with Crippen molar-refractivity contribution in [3.63, 3.8) is 0 Å². The number of nitrogens with zero attached hydrogens (tertiary/aromatic N) is 1. The summed E-state index contributed by atoms with van der Waals surface area (Å²) >= 11 is 0. The second kappa shape index (κ2) is 6.59. The fourth-order valence-corrected chi connectivity index (χ4v) is 1.25. The van der Waals surface area contributed by atoms with Crippen LogP contribution in [0.5, 0.6) is 0 Å². The summed E-state index contributed by atoms with van der Waals surface area (Å²) in [6, 6.07) is 8.94. The summed E-state index contributed by atoms with van der Waals surface area (Å²) in [6.45, 7) is 0.572. The molecular weight excluding hydrogens is 204 g/mol. The molecule has 0 bridgehead atoms. The van der Waals surface area contributed by atoms with Crippen molar-refractivity contribution in [1.29, 1.82) is 5.26 Å². The number of rotatable bonds is 5. The van der Waals surface area contributed by atoms with Crippen LogP contribution in [0.25, 0.3) is 0 Å². The van der Waals surface area contributed by atoms with Crippen molar-refractivity contribution in [2.24, 2.45) is 0 Å². The number of benzene rings is 1. The lowest BCUT2D eigenvalue weighted by atomic mass is 10.1. The topological polar surface area (TPSA) is 73.1 Å². The van der Waals surface area contributed by atoms with Crippen LogP contribution in [-0.2, 0) is 11.2 Å². The van der Waals surface area contributed by atoms with E-state index >= 15 is 0 Å². The van der Waals surface area contributed by atoms with Gasteiger partial charge >= 0.3 is 0 Å². The van der Waals surface area contributed by atoms with Gasteiger partial charge in [-0.05, 0) is 24.1 Å². The Morgan fingerprint density at radius 2 is 2.06 bits per heavy atom. The highest BCUT2D eigenvalue weighted by Crippen LogP contribution is 2.03. The van der Waals surface area contributed by atoms with Gasteiger partial charge in [0.05, 0.1) is 18.1 Å². The van der Waals surface area contributed by atoms with Gasteiger partial charge in [0.2, 0.25) is 5.91 Å². The molecular formula is C12H14N2O2. The molecule has 1 aromatic rings.